The van der Waals surface area contributed by atoms with E-state index in [0.717, 1.165) is 5.56 Å². The Kier molecular flexibility index (Phi) is 5.11. The molecule has 0 aliphatic heterocycles. The van der Waals surface area contributed by atoms with Gasteiger partial charge in [-0.15, -0.1) is 0 Å². The highest BCUT2D eigenvalue weighted by atomic mass is 32.2. The first-order chi connectivity index (χ1) is 10.4. The van der Waals surface area contributed by atoms with E-state index in [2.05, 4.69) is 11.3 Å². The maximum Gasteiger partial charge on any atom is 0.241 e. The monoisotopic (exact) mass is 319 g/mol. The molecule has 2 aromatic rings. The molecule has 1 unspecified atom stereocenters. The minimum absolute atomic E-state index is 0.102. The van der Waals surface area contributed by atoms with E-state index in [9.17, 15) is 12.8 Å². The molecule has 2 aromatic carbocycles. The average molecular weight is 319 g/mol. The molecule has 2 rings (SSSR count). The third-order valence-corrected chi connectivity index (χ3v) is 4.74. The lowest BCUT2D eigenvalue weighted by molar-refractivity contribution is 0.511. The van der Waals surface area contributed by atoms with Crippen molar-refractivity contribution in [1.82, 2.24) is 4.72 Å². The van der Waals surface area contributed by atoms with Crippen molar-refractivity contribution in [2.45, 2.75) is 24.3 Å². The number of benzene rings is 2. The summed E-state index contributed by atoms with van der Waals surface area (Å²) in [4.78, 5) is 0.156. The lowest BCUT2D eigenvalue weighted by atomic mass is 10.0. The van der Waals surface area contributed by atoms with Crippen LogP contribution >= 0.6 is 0 Å². The highest BCUT2D eigenvalue weighted by Crippen LogP contribution is 2.23. The quantitative estimate of drug-likeness (QED) is 0.878. The Balaban J connectivity index is 2.30. The first kappa shape index (κ1) is 16.4. The zero-order valence-electron chi connectivity index (χ0n) is 12.3. The highest BCUT2D eigenvalue weighted by molar-refractivity contribution is 7.89. The van der Waals surface area contributed by atoms with E-state index >= 15 is 0 Å². The van der Waals surface area contributed by atoms with Gasteiger partial charge in [-0.05, 0) is 24.6 Å². The van der Waals surface area contributed by atoms with Crippen molar-refractivity contribution >= 4 is 10.0 Å². The maximum absolute atomic E-state index is 13.2. The first-order valence-corrected chi connectivity index (χ1v) is 8.34. The van der Waals surface area contributed by atoms with Crippen molar-refractivity contribution in [2.75, 3.05) is 0 Å². The van der Waals surface area contributed by atoms with Crippen LogP contribution in [0.5, 0.6) is 0 Å². The summed E-state index contributed by atoms with van der Waals surface area (Å²) in [5.74, 6) is -0.569. The van der Waals surface area contributed by atoms with Crippen molar-refractivity contribution in [3.05, 3.63) is 78.1 Å². The largest absolute Gasteiger partial charge is 0.241 e. The lowest BCUT2D eigenvalue weighted by Gasteiger charge is -2.18. The minimum Gasteiger partial charge on any atom is -0.212 e. The molecule has 0 fully saturated rings. The zero-order valence-corrected chi connectivity index (χ0v) is 13.1. The molecule has 0 aromatic heterocycles. The zero-order chi connectivity index (χ0) is 16.2. The van der Waals surface area contributed by atoms with Crippen molar-refractivity contribution in [2.24, 2.45) is 0 Å². The molecule has 0 saturated carbocycles. The fourth-order valence-electron chi connectivity index (χ4n) is 2.11. The molecular formula is C17H18FNO2S. The molecule has 3 nitrogen and oxygen atoms in total. The molecule has 22 heavy (non-hydrogen) atoms. The molecule has 0 amide bonds. The molecular weight excluding hydrogens is 301 g/mol. The second kappa shape index (κ2) is 6.85. The third kappa shape index (κ3) is 4.26. The Morgan fingerprint density at radius 2 is 1.73 bits per heavy atom. The number of hydrogen-bond donors (Lipinski definition) is 1. The molecule has 1 atom stereocenters. The molecule has 0 saturated heterocycles. The predicted octanol–water partition coefficient (Wildman–Crippen LogP) is 3.89. The number of halogens is 1. The van der Waals surface area contributed by atoms with Gasteiger partial charge in [-0.1, -0.05) is 54.6 Å². The summed E-state index contributed by atoms with van der Waals surface area (Å²) in [5, 5.41) is 0. The van der Waals surface area contributed by atoms with E-state index in [1.807, 2.05) is 13.0 Å². The minimum atomic E-state index is -3.73. The van der Waals surface area contributed by atoms with Crippen molar-refractivity contribution in [3.63, 3.8) is 0 Å². The second-order valence-corrected chi connectivity index (χ2v) is 6.83. The summed E-state index contributed by atoms with van der Waals surface area (Å²) >= 11 is 0. The Bertz CT molecular complexity index is 740. The number of sulfonamides is 1. The molecule has 5 heteroatoms. The van der Waals surface area contributed by atoms with E-state index in [4.69, 9.17) is 0 Å². The summed E-state index contributed by atoms with van der Waals surface area (Å²) < 4.78 is 40.7. The summed E-state index contributed by atoms with van der Waals surface area (Å²) in [7, 11) is -3.73. The van der Waals surface area contributed by atoms with Gasteiger partial charge >= 0.3 is 0 Å². The molecule has 116 valence electrons. The number of hydrogen-bond acceptors (Lipinski definition) is 2. The van der Waals surface area contributed by atoms with Gasteiger partial charge in [-0.2, -0.15) is 0 Å². The van der Waals surface area contributed by atoms with Crippen LogP contribution in [0.3, 0.4) is 0 Å². The topological polar surface area (TPSA) is 46.2 Å². The summed E-state index contributed by atoms with van der Waals surface area (Å²) in [6, 6.07) is 14.7. The van der Waals surface area contributed by atoms with Crippen LogP contribution < -0.4 is 4.72 Å². The van der Waals surface area contributed by atoms with Crippen LogP contribution in [0.1, 0.15) is 23.6 Å². The van der Waals surface area contributed by atoms with Crippen molar-refractivity contribution in [3.8, 4) is 0 Å². The van der Waals surface area contributed by atoms with Crippen molar-refractivity contribution < 1.29 is 12.8 Å². The standard InChI is InChI=1S/C17H18FNO2S/c1-13-8-10-16(11-9-13)22(20,21)19-17(12-14(2)18)15-6-4-3-5-7-15/h3-11,17,19H,2,12H2,1H3. The van der Waals surface area contributed by atoms with Crippen LogP contribution in [0.2, 0.25) is 0 Å². The van der Waals surface area contributed by atoms with Crippen molar-refractivity contribution in [1.29, 1.82) is 0 Å². The first-order valence-electron chi connectivity index (χ1n) is 6.86. The molecule has 0 aliphatic rings. The summed E-state index contributed by atoms with van der Waals surface area (Å²) in [6.45, 7) is 5.11. The number of rotatable bonds is 6. The van der Waals surface area contributed by atoms with Gasteiger partial charge in [0.1, 0.15) is 0 Å². The van der Waals surface area contributed by atoms with Gasteiger partial charge in [0.15, 0.2) is 0 Å². The number of aryl methyl sites for hydroxylation is 1. The Morgan fingerprint density at radius 1 is 1.14 bits per heavy atom. The third-order valence-electron chi connectivity index (χ3n) is 3.26. The molecule has 1 N–H and O–H groups in total. The van der Waals surface area contributed by atoms with Crippen LogP contribution in [0.4, 0.5) is 4.39 Å². The fraction of sp³-hybridized carbons (Fsp3) is 0.176. The Morgan fingerprint density at radius 3 is 2.27 bits per heavy atom. The fourth-order valence-corrected chi connectivity index (χ4v) is 3.33. The Labute approximate surface area is 130 Å². The second-order valence-electron chi connectivity index (χ2n) is 5.12. The van der Waals surface area contributed by atoms with Gasteiger partial charge in [0.2, 0.25) is 10.0 Å². The van der Waals surface area contributed by atoms with Gasteiger partial charge in [-0.3, -0.25) is 0 Å². The molecule has 0 radical (unpaired) electrons. The summed E-state index contributed by atoms with van der Waals surface area (Å²) in [5.41, 5.74) is 1.66. The average Bonchev–Trinajstić information content (AvgIpc) is 2.47. The lowest BCUT2D eigenvalue weighted by Crippen LogP contribution is -2.28. The van der Waals surface area contributed by atoms with Crippen LogP contribution in [-0.2, 0) is 10.0 Å². The smallest absolute Gasteiger partial charge is 0.212 e. The SMILES string of the molecule is C=C(F)CC(NS(=O)(=O)c1ccc(C)cc1)c1ccccc1. The molecule has 0 aliphatic carbocycles. The van der Waals surface area contributed by atoms with Gasteiger partial charge in [0, 0.05) is 6.42 Å². The van der Waals surface area contributed by atoms with Crippen LogP contribution in [0, 0.1) is 6.92 Å². The molecule has 0 spiro atoms. The van der Waals surface area contributed by atoms with Gasteiger partial charge < -0.3 is 0 Å². The van der Waals surface area contributed by atoms with E-state index in [-0.39, 0.29) is 11.3 Å². The van der Waals surface area contributed by atoms with Gasteiger partial charge in [-0.25, -0.2) is 17.5 Å². The number of nitrogens with one attached hydrogen (secondary N) is 1. The van der Waals surface area contributed by atoms with Crippen LogP contribution in [0.25, 0.3) is 0 Å². The maximum atomic E-state index is 13.2. The van der Waals surface area contributed by atoms with E-state index < -0.39 is 21.9 Å². The van der Waals surface area contributed by atoms with E-state index in [0.29, 0.717) is 5.56 Å². The normalized spacial score (nSPS) is 12.8. The summed E-state index contributed by atoms with van der Waals surface area (Å²) in [6.07, 6.45) is -0.102. The predicted molar refractivity (Wildman–Crippen MR) is 85.5 cm³/mol. The van der Waals surface area contributed by atoms with E-state index in [1.54, 1.807) is 36.4 Å². The molecule has 0 heterocycles. The Hall–Kier alpha value is -1.98. The van der Waals surface area contributed by atoms with Gasteiger partial charge in [0.05, 0.1) is 16.8 Å². The van der Waals surface area contributed by atoms with Crippen LogP contribution in [-0.4, -0.2) is 8.42 Å². The highest BCUT2D eigenvalue weighted by Gasteiger charge is 2.22. The van der Waals surface area contributed by atoms with E-state index in [1.165, 1.54) is 12.1 Å². The van der Waals surface area contributed by atoms with Crippen LogP contribution in [0.15, 0.2) is 71.9 Å². The van der Waals surface area contributed by atoms with Gasteiger partial charge in [0.25, 0.3) is 0 Å². The molecule has 0 bridgehead atoms.